The van der Waals surface area contributed by atoms with Crippen molar-refractivity contribution in [2.45, 2.75) is 19.9 Å². The normalized spacial score (nSPS) is 11.8. The van der Waals surface area contributed by atoms with Gasteiger partial charge in [0.15, 0.2) is 0 Å². The van der Waals surface area contributed by atoms with Gasteiger partial charge < -0.3 is 5.32 Å². The Morgan fingerprint density at radius 2 is 2.25 bits per heavy atom. The third-order valence-electron chi connectivity index (χ3n) is 1.90. The van der Waals surface area contributed by atoms with Gasteiger partial charge in [0, 0.05) is 6.54 Å². The van der Waals surface area contributed by atoms with Gasteiger partial charge in [-0.1, -0.05) is 6.92 Å². The summed E-state index contributed by atoms with van der Waals surface area (Å²) in [5.41, 5.74) is 0. The van der Waals surface area contributed by atoms with Crippen LogP contribution in [-0.4, -0.2) is 42.4 Å². The molecule has 1 aromatic heterocycles. The maximum atomic E-state index is 11.5. The third-order valence-corrected chi connectivity index (χ3v) is 3.22. The molecule has 0 aliphatic heterocycles. The van der Waals surface area contributed by atoms with Crippen LogP contribution in [0.5, 0.6) is 0 Å². The highest BCUT2D eigenvalue weighted by atomic mass is 32.2. The number of hydrogen-bond acceptors (Lipinski definition) is 5. The third kappa shape index (κ3) is 5.19. The Labute approximate surface area is 95.1 Å². The van der Waals surface area contributed by atoms with Crippen LogP contribution in [0, 0.1) is 0 Å². The lowest BCUT2D eigenvalue weighted by Gasteiger charge is -2.05. The first-order chi connectivity index (χ1) is 7.64. The zero-order valence-corrected chi connectivity index (χ0v) is 10.0. The van der Waals surface area contributed by atoms with Crippen LogP contribution in [0.1, 0.15) is 19.2 Å². The Bertz CT molecular complexity index is 375. The van der Waals surface area contributed by atoms with Gasteiger partial charge in [-0.3, -0.25) is 5.10 Å². The predicted molar refractivity (Wildman–Crippen MR) is 60.2 cm³/mol. The fourth-order valence-corrected chi connectivity index (χ4v) is 1.99. The molecule has 0 spiro atoms. The fourth-order valence-electron chi connectivity index (χ4n) is 1.07. The molecule has 0 atom stereocenters. The molecular formula is C8H17N5O2S. The Morgan fingerprint density at radius 3 is 2.88 bits per heavy atom. The minimum Gasteiger partial charge on any atom is -0.316 e. The Morgan fingerprint density at radius 1 is 1.44 bits per heavy atom. The lowest BCUT2D eigenvalue weighted by Crippen LogP contribution is -2.32. The topological polar surface area (TPSA) is 99.8 Å². The van der Waals surface area contributed by atoms with E-state index in [4.69, 9.17) is 0 Å². The largest absolute Gasteiger partial charge is 0.316 e. The molecule has 0 fully saturated rings. The molecule has 92 valence electrons. The quantitative estimate of drug-likeness (QED) is 0.523. The highest BCUT2D eigenvalue weighted by Crippen LogP contribution is 1.89. The van der Waals surface area contributed by atoms with Gasteiger partial charge in [-0.05, 0) is 13.0 Å². The van der Waals surface area contributed by atoms with Crippen molar-refractivity contribution < 1.29 is 8.42 Å². The summed E-state index contributed by atoms with van der Waals surface area (Å²) < 4.78 is 25.4. The lowest BCUT2D eigenvalue weighted by molar-refractivity contribution is 0.574. The molecule has 1 rings (SSSR count). The summed E-state index contributed by atoms with van der Waals surface area (Å²) in [6.07, 6.45) is 2.33. The molecule has 3 N–H and O–H groups in total. The first kappa shape index (κ1) is 13.1. The van der Waals surface area contributed by atoms with Gasteiger partial charge in [-0.2, -0.15) is 5.10 Å². The van der Waals surface area contributed by atoms with Gasteiger partial charge in [0.2, 0.25) is 10.0 Å². The van der Waals surface area contributed by atoms with E-state index in [9.17, 15) is 8.42 Å². The number of nitrogens with zero attached hydrogens (tertiary/aromatic N) is 2. The van der Waals surface area contributed by atoms with Gasteiger partial charge in [-0.25, -0.2) is 18.1 Å². The molecule has 0 radical (unpaired) electrons. The molecule has 0 saturated carbocycles. The van der Waals surface area contributed by atoms with Crippen LogP contribution in [0.3, 0.4) is 0 Å². The van der Waals surface area contributed by atoms with Gasteiger partial charge in [0.05, 0.1) is 12.3 Å². The molecule has 0 bridgehead atoms. The Hall–Kier alpha value is -0.990. The van der Waals surface area contributed by atoms with Crippen molar-refractivity contribution in [2.24, 2.45) is 0 Å². The molecular weight excluding hydrogens is 230 g/mol. The predicted octanol–water partition coefficient (Wildman–Crippen LogP) is -0.776. The summed E-state index contributed by atoms with van der Waals surface area (Å²) in [5.74, 6) is 0.575. The molecule has 0 aliphatic carbocycles. The number of hydrogen-bond donors (Lipinski definition) is 3. The standard InChI is InChI=1S/C8H17N5O2S/c1-2-3-9-4-5-16(14,15)12-6-8-10-7-11-13-8/h7,9,12H,2-6H2,1H3,(H,10,11,13). The van der Waals surface area contributed by atoms with Gasteiger partial charge in [-0.15, -0.1) is 0 Å². The Balaban J connectivity index is 2.23. The van der Waals surface area contributed by atoms with Crippen molar-refractivity contribution in [1.82, 2.24) is 25.2 Å². The number of rotatable bonds is 8. The van der Waals surface area contributed by atoms with Crippen LogP contribution in [-0.2, 0) is 16.6 Å². The molecule has 0 unspecified atom stereocenters. The highest BCUT2D eigenvalue weighted by molar-refractivity contribution is 7.89. The van der Waals surface area contributed by atoms with Gasteiger partial charge in [0.1, 0.15) is 12.2 Å². The molecule has 16 heavy (non-hydrogen) atoms. The second-order valence-electron chi connectivity index (χ2n) is 3.32. The zero-order chi connectivity index (χ0) is 11.9. The van der Waals surface area contributed by atoms with E-state index in [-0.39, 0.29) is 12.3 Å². The first-order valence-corrected chi connectivity index (χ1v) is 6.81. The SMILES string of the molecule is CCCNCCS(=O)(=O)NCc1ncn[nH]1. The molecule has 0 amide bonds. The number of H-pyrrole nitrogens is 1. The maximum absolute atomic E-state index is 11.5. The van der Waals surface area contributed by atoms with Crippen molar-refractivity contribution in [3.05, 3.63) is 12.2 Å². The molecule has 7 nitrogen and oxygen atoms in total. The highest BCUT2D eigenvalue weighted by Gasteiger charge is 2.09. The first-order valence-electron chi connectivity index (χ1n) is 5.16. The summed E-state index contributed by atoms with van der Waals surface area (Å²) >= 11 is 0. The van der Waals surface area contributed by atoms with Crippen LogP contribution in [0.25, 0.3) is 0 Å². The van der Waals surface area contributed by atoms with E-state index in [1.807, 2.05) is 6.92 Å². The van der Waals surface area contributed by atoms with Gasteiger partial charge in [0.25, 0.3) is 0 Å². The molecule has 8 heteroatoms. The minimum atomic E-state index is -3.24. The Kier molecular flexibility index (Phi) is 5.36. The van der Waals surface area contributed by atoms with E-state index >= 15 is 0 Å². The molecule has 1 heterocycles. The number of aromatic nitrogens is 3. The number of nitrogens with one attached hydrogen (secondary N) is 3. The van der Waals surface area contributed by atoms with Crippen LogP contribution in [0.2, 0.25) is 0 Å². The van der Waals surface area contributed by atoms with E-state index < -0.39 is 10.0 Å². The number of sulfonamides is 1. The van der Waals surface area contributed by atoms with Crippen molar-refractivity contribution in [3.8, 4) is 0 Å². The monoisotopic (exact) mass is 247 g/mol. The summed E-state index contributed by atoms with van der Waals surface area (Å²) in [5, 5.41) is 9.24. The zero-order valence-electron chi connectivity index (χ0n) is 9.23. The minimum absolute atomic E-state index is 0.0706. The van der Waals surface area contributed by atoms with Crippen molar-refractivity contribution >= 4 is 10.0 Å². The van der Waals surface area contributed by atoms with E-state index in [0.29, 0.717) is 12.4 Å². The van der Waals surface area contributed by atoms with Crippen LogP contribution < -0.4 is 10.0 Å². The molecule has 0 aromatic carbocycles. The van der Waals surface area contributed by atoms with Crippen molar-refractivity contribution in [3.63, 3.8) is 0 Å². The summed E-state index contributed by atoms with van der Waals surface area (Å²) in [6.45, 7) is 3.47. The van der Waals surface area contributed by atoms with E-state index in [0.717, 1.165) is 13.0 Å². The molecule has 1 aromatic rings. The van der Waals surface area contributed by atoms with Crippen molar-refractivity contribution in [1.29, 1.82) is 0 Å². The van der Waals surface area contributed by atoms with E-state index in [1.54, 1.807) is 0 Å². The number of aromatic amines is 1. The fraction of sp³-hybridized carbons (Fsp3) is 0.750. The van der Waals surface area contributed by atoms with Gasteiger partial charge >= 0.3 is 0 Å². The van der Waals surface area contributed by atoms with E-state index in [1.165, 1.54) is 6.33 Å². The smallest absolute Gasteiger partial charge is 0.213 e. The van der Waals surface area contributed by atoms with E-state index in [2.05, 4.69) is 25.2 Å². The van der Waals surface area contributed by atoms with Crippen LogP contribution in [0.4, 0.5) is 0 Å². The average molecular weight is 247 g/mol. The van der Waals surface area contributed by atoms with Crippen LogP contribution >= 0.6 is 0 Å². The average Bonchev–Trinajstić information content (AvgIpc) is 2.75. The summed E-state index contributed by atoms with van der Waals surface area (Å²) in [6, 6.07) is 0. The lowest BCUT2D eigenvalue weighted by atomic mass is 10.5. The summed E-state index contributed by atoms with van der Waals surface area (Å²) in [4.78, 5) is 3.82. The molecule has 0 saturated heterocycles. The molecule has 0 aliphatic rings. The second kappa shape index (κ2) is 6.56. The second-order valence-corrected chi connectivity index (χ2v) is 5.25. The summed E-state index contributed by atoms with van der Waals surface area (Å²) in [7, 11) is -3.24. The maximum Gasteiger partial charge on any atom is 0.213 e. The van der Waals surface area contributed by atoms with Crippen molar-refractivity contribution in [2.75, 3.05) is 18.8 Å². The van der Waals surface area contributed by atoms with Crippen LogP contribution in [0.15, 0.2) is 6.33 Å².